The number of aliphatic imine (C=N–C) groups is 1. The lowest BCUT2D eigenvalue weighted by molar-refractivity contribution is -0.129. The molecule has 0 fully saturated rings. The van der Waals surface area contributed by atoms with Gasteiger partial charge in [-0.05, 0) is 87.6 Å². The first kappa shape index (κ1) is 27.0. The standard InChI is InChI=1S/C31H22BrCl2NO4/c1-2-37-28-17-20(14-24(32)29(28)38-18-19-8-13-25(33)26(34)15-19)16-27-31(36)39-30(35-27)23-11-9-22(10-12-23)21-6-4-3-5-7-21/h3-17H,2,18H2,1H3/b27-16-. The van der Waals surface area contributed by atoms with E-state index in [-0.39, 0.29) is 18.2 Å². The minimum absolute atomic E-state index is 0.191. The van der Waals surface area contributed by atoms with Crippen LogP contribution in [0.1, 0.15) is 23.6 Å². The highest BCUT2D eigenvalue weighted by Crippen LogP contribution is 2.38. The molecule has 4 aromatic carbocycles. The van der Waals surface area contributed by atoms with E-state index in [1.807, 2.05) is 73.7 Å². The fourth-order valence-electron chi connectivity index (χ4n) is 3.99. The van der Waals surface area contributed by atoms with E-state index >= 15 is 0 Å². The summed E-state index contributed by atoms with van der Waals surface area (Å²) in [4.78, 5) is 17.1. The predicted octanol–water partition coefficient (Wildman–Crippen LogP) is 8.75. The van der Waals surface area contributed by atoms with Crippen molar-refractivity contribution in [1.29, 1.82) is 0 Å². The molecule has 8 heteroatoms. The second-order valence-electron chi connectivity index (χ2n) is 8.58. The van der Waals surface area contributed by atoms with Gasteiger partial charge in [0.15, 0.2) is 17.2 Å². The third kappa shape index (κ3) is 6.36. The fraction of sp³-hybridized carbons (Fsp3) is 0.0968. The molecule has 0 N–H and O–H groups in total. The Labute approximate surface area is 244 Å². The van der Waals surface area contributed by atoms with Crippen LogP contribution in [-0.4, -0.2) is 18.5 Å². The number of nitrogens with zero attached hydrogens (tertiary/aromatic N) is 1. The molecule has 39 heavy (non-hydrogen) atoms. The van der Waals surface area contributed by atoms with Crippen molar-refractivity contribution < 1.29 is 19.0 Å². The predicted molar refractivity (Wildman–Crippen MR) is 159 cm³/mol. The zero-order valence-corrected chi connectivity index (χ0v) is 23.9. The maximum absolute atomic E-state index is 12.6. The number of halogens is 3. The maximum atomic E-state index is 12.6. The van der Waals surface area contributed by atoms with E-state index in [0.29, 0.717) is 43.8 Å². The summed E-state index contributed by atoms with van der Waals surface area (Å²) in [6, 6.07) is 26.7. The van der Waals surface area contributed by atoms with Crippen molar-refractivity contribution in [3.8, 4) is 22.6 Å². The molecule has 0 aromatic heterocycles. The number of carbonyl (C=O) groups is 1. The molecule has 5 rings (SSSR count). The maximum Gasteiger partial charge on any atom is 0.363 e. The van der Waals surface area contributed by atoms with Gasteiger partial charge in [-0.25, -0.2) is 9.79 Å². The molecule has 0 atom stereocenters. The van der Waals surface area contributed by atoms with E-state index in [1.54, 1.807) is 24.3 Å². The van der Waals surface area contributed by atoms with Crippen LogP contribution in [0.25, 0.3) is 17.2 Å². The van der Waals surface area contributed by atoms with Gasteiger partial charge in [-0.2, -0.15) is 0 Å². The Balaban J connectivity index is 1.37. The van der Waals surface area contributed by atoms with Crippen LogP contribution in [0.15, 0.2) is 100 Å². The normalized spacial score (nSPS) is 13.8. The van der Waals surface area contributed by atoms with Gasteiger partial charge in [-0.15, -0.1) is 0 Å². The quantitative estimate of drug-likeness (QED) is 0.146. The Morgan fingerprint density at radius 2 is 1.59 bits per heavy atom. The Hall–Kier alpha value is -3.58. The minimum Gasteiger partial charge on any atom is -0.490 e. The van der Waals surface area contributed by atoms with Gasteiger partial charge in [-0.1, -0.05) is 71.7 Å². The van der Waals surface area contributed by atoms with Crippen LogP contribution in [0.2, 0.25) is 10.0 Å². The van der Waals surface area contributed by atoms with E-state index in [2.05, 4.69) is 20.9 Å². The first-order valence-corrected chi connectivity index (χ1v) is 13.7. The molecule has 0 saturated carbocycles. The Morgan fingerprint density at radius 1 is 0.872 bits per heavy atom. The van der Waals surface area contributed by atoms with Crippen molar-refractivity contribution in [2.45, 2.75) is 13.5 Å². The van der Waals surface area contributed by atoms with E-state index in [4.69, 9.17) is 37.4 Å². The molecule has 1 aliphatic heterocycles. The van der Waals surface area contributed by atoms with Gasteiger partial charge >= 0.3 is 5.97 Å². The molecule has 196 valence electrons. The van der Waals surface area contributed by atoms with Crippen molar-refractivity contribution in [3.05, 3.63) is 122 Å². The first-order valence-electron chi connectivity index (χ1n) is 12.1. The van der Waals surface area contributed by atoms with E-state index in [1.165, 1.54) is 0 Å². The van der Waals surface area contributed by atoms with Crippen molar-refractivity contribution in [2.24, 2.45) is 4.99 Å². The number of benzene rings is 4. The molecule has 0 radical (unpaired) electrons. The molecule has 4 aromatic rings. The topological polar surface area (TPSA) is 57.1 Å². The van der Waals surface area contributed by atoms with Crippen molar-refractivity contribution >= 4 is 57.1 Å². The van der Waals surface area contributed by atoms with Crippen LogP contribution < -0.4 is 9.47 Å². The van der Waals surface area contributed by atoms with Crippen molar-refractivity contribution in [2.75, 3.05) is 6.61 Å². The number of rotatable bonds is 8. The van der Waals surface area contributed by atoms with Crippen LogP contribution in [0.5, 0.6) is 11.5 Å². The highest BCUT2D eigenvalue weighted by molar-refractivity contribution is 9.10. The number of ether oxygens (including phenoxy) is 3. The third-order valence-electron chi connectivity index (χ3n) is 5.86. The summed E-state index contributed by atoms with van der Waals surface area (Å²) in [5.41, 5.74) is 4.63. The van der Waals surface area contributed by atoms with Crippen LogP contribution in [0.4, 0.5) is 0 Å². The average molecular weight is 623 g/mol. The summed E-state index contributed by atoms with van der Waals surface area (Å²) in [7, 11) is 0. The monoisotopic (exact) mass is 621 g/mol. The lowest BCUT2D eigenvalue weighted by Gasteiger charge is -2.15. The van der Waals surface area contributed by atoms with Crippen LogP contribution >= 0.6 is 39.1 Å². The molecular weight excluding hydrogens is 601 g/mol. The molecule has 0 aliphatic carbocycles. The second-order valence-corrected chi connectivity index (χ2v) is 10.2. The molecule has 1 aliphatic rings. The summed E-state index contributed by atoms with van der Waals surface area (Å²) in [5.74, 6) is 0.787. The molecule has 0 saturated heterocycles. The summed E-state index contributed by atoms with van der Waals surface area (Å²) in [6.07, 6.45) is 1.66. The molecule has 0 amide bonds. The number of cyclic esters (lactones) is 1. The summed E-state index contributed by atoms with van der Waals surface area (Å²) >= 11 is 15.7. The second kappa shape index (κ2) is 12.1. The summed E-state index contributed by atoms with van der Waals surface area (Å²) in [6.45, 7) is 2.58. The van der Waals surface area contributed by atoms with Crippen LogP contribution in [0, 0.1) is 0 Å². The van der Waals surface area contributed by atoms with Gasteiger partial charge < -0.3 is 14.2 Å². The minimum atomic E-state index is -0.522. The third-order valence-corrected chi connectivity index (χ3v) is 7.19. The van der Waals surface area contributed by atoms with Gasteiger partial charge in [0, 0.05) is 5.56 Å². The highest BCUT2D eigenvalue weighted by atomic mass is 79.9. The van der Waals surface area contributed by atoms with Gasteiger partial charge in [-0.3, -0.25) is 0 Å². The molecule has 0 spiro atoms. The van der Waals surface area contributed by atoms with E-state index in [9.17, 15) is 4.79 Å². The fourth-order valence-corrected chi connectivity index (χ4v) is 4.88. The van der Waals surface area contributed by atoms with E-state index < -0.39 is 5.97 Å². The first-order chi connectivity index (χ1) is 18.9. The van der Waals surface area contributed by atoms with Crippen molar-refractivity contribution in [3.63, 3.8) is 0 Å². The Morgan fingerprint density at radius 3 is 2.31 bits per heavy atom. The molecular formula is C31H22BrCl2NO4. The SMILES string of the molecule is CCOc1cc(/C=C2\N=C(c3ccc(-c4ccccc4)cc3)OC2=O)cc(Br)c1OCc1ccc(Cl)c(Cl)c1. The summed E-state index contributed by atoms with van der Waals surface area (Å²) < 4.78 is 18.0. The highest BCUT2D eigenvalue weighted by Gasteiger charge is 2.24. The Kier molecular flexibility index (Phi) is 8.36. The molecule has 0 unspecified atom stereocenters. The molecule has 1 heterocycles. The lowest BCUT2D eigenvalue weighted by Crippen LogP contribution is -2.05. The van der Waals surface area contributed by atoms with Gasteiger partial charge in [0.05, 0.1) is 21.1 Å². The average Bonchev–Trinajstić information content (AvgIpc) is 3.30. The van der Waals surface area contributed by atoms with Crippen molar-refractivity contribution in [1.82, 2.24) is 0 Å². The van der Waals surface area contributed by atoms with Gasteiger partial charge in [0.2, 0.25) is 5.90 Å². The van der Waals surface area contributed by atoms with E-state index in [0.717, 1.165) is 16.7 Å². The number of carbonyl (C=O) groups excluding carboxylic acids is 1. The molecule has 5 nitrogen and oxygen atoms in total. The Bertz CT molecular complexity index is 1580. The zero-order valence-electron chi connectivity index (χ0n) is 20.8. The van der Waals surface area contributed by atoms with Gasteiger partial charge in [0.25, 0.3) is 0 Å². The largest absolute Gasteiger partial charge is 0.490 e. The van der Waals surface area contributed by atoms with Crippen LogP contribution in [-0.2, 0) is 16.1 Å². The summed E-state index contributed by atoms with van der Waals surface area (Å²) in [5, 5.41) is 0.939. The van der Waals surface area contributed by atoms with Gasteiger partial charge in [0.1, 0.15) is 6.61 Å². The number of hydrogen-bond donors (Lipinski definition) is 0. The number of esters is 1. The smallest absolute Gasteiger partial charge is 0.363 e. The lowest BCUT2D eigenvalue weighted by atomic mass is 10.0. The molecule has 0 bridgehead atoms. The zero-order chi connectivity index (χ0) is 27.4. The number of hydrogen-bond acceptors (Lipinski definition) is 5. The van der Waals surface area contributed by atoms with Crippen LogP contribution in [0.3, 0.4) is 0 Å².